The van der Waals surface area contributed by atoms with Gasteiger partial charge in [-0.05, 0) is 24.3 Å². The maximum absolute atomic E-state index is 11.8. The normalized spacial score (nSPS) is 9.85. The summed E-state index contributed by atoms with van der Waals surface area (Å²) in [6.07, 6.45) is 0. The van der Waals surface area contributed by atoms with E-state index in [-0.39, 0.29) is 0 Å². The predicted octanol–water partition coefficient (Wildman–Crippen LogP) is 3.32. The fourth-order valence-electron chi connectivity index (χ4n) is 1.59. The van der Waals surface area contributed by atoms with Gasteiger partial charge in [-0.1, -0.05) is 36.4 Å². The van der Waals surface area contributed by atoms with Crippen molar-refractivity contribution in [3.63, 3.8) is 0 Å². The molecule has 0 bridgehead atoms. The van der Waals surface area contributed by atoms with E-state index in [1.807, 2.05) is 36.4 Å². The Hall–Kier alpha value is -2.27. The minimum Gasteiger partial charge on any atom is -0.311 e. The lowest BCUT2D eigenvalue weighted by Gasteiger charge is -2.16. The SMILES string of the molecule is CN(SC(=O)NC(=O)c1ccccc1)c1ccccc1. The van der Waals surface area contributed by atoms with Crippen LogP contribution in [0.4, 0.5) is 10.5 Å². The van der Waals surface area contributed by atoms with Gasteiger partial charge in [0.25, 0.3) is 5.91 Å². The molecule has 1 N–H and O–H groups in total. The number of hydrogen-bond acceptors (Lipinski definition) is 4. The molecule has 2 aromatic carbocycles. The van der Waals surface area contributed by atoms with Crippen LogP contribution in [0.25, 0.3) is 0 Å². The predicted molar refractivity (Wildman–Crippen MR) is 81.7 cm³/mol. The topological polar surface area (TPSA) is 49.4 Å². The summed E-state index contributed by atoms with van der Waals surface area (Å²) in [7, 11) is 1.77. The summed E-state index contributed by atoms with van der Waals surface area (Å²) >= 11 is 0.938. The molecule has 0 saturated heterocycles. The second-order valence-corrected chi connectivity index (χ2v) is 5.13. The van der Waals surface area contributed by atoms with Gasteiger partial charge in [-0.15, -0.1) is 0 Å². The van der Waals surface area contributed by atoms with Gasteiger partial charge in [0, 0.05) is 18.3 Å². The van der Waals surface area contributed by atoms with Crippen molar-refractivity contribution >= 4 is 28.8 Å². The van der Waals surface area contributed by atoms with E-state index in [0.29, 0.717) is 5.56 Å². The molecule has 0 fully saturated rings. The van der Waals surface area contributed by atoms with Crippen LogP contribution >= 0.6 is 11.9 Å². The van der Waals surface area contributed by atoms with Gasteiger partial charge in [0.1, 0.15) is 0 Å². The van der Waals surface area contributed by atoms with Crippen molar-refractivity contribution in [1.29, 1.82) is 0 Å². The summed E-state index contributed by atoms with van der Waals surface area (Å²) in [6, 6.07) is 18.1. The average Bonchev–Trinajstić information content (AvgIpc) is 2.49. The molecule has 0 aliphatic rings. The van der Waals surface area contributed by atoms with Crippen molar-refractivity contribution in [3.05, 3.63) is 66.2 Å². The van der Waals surface area contributed by atoms with Crippen LogP contribution in [0.5, 0.6) is 0 Å². The first-order chi connectivity index (χ1) is 9.66. The zero-order chi connectivity index (χ0) is 14.4. The highest BCUT2D eigenvalue weighted by molar-refractivity contribution is 8.14. The second-order valence-electron chi connectivity index (χ2n) is 4.03. The van der Waals surface area contributed by atoms with E-state index in [1.165, 1.54) is 0 Å². The van der Waals surface area contributed by atoms with Gasteiger partial charge in [-0.2, -0.15) is 0 Å². The molecule has 0 saturated carbocycles. The third kappa shape index (κ3) is 3.86. The van der Waals surface area contributed by atoms with Crippen molar-refractivity contribution in [2.75, 3.05) is 11.4 Å². The van der Waals surface area contributed by atoms with E-state index in [2.05, 4.69) is 5.32 Å². The third-order valence-corrected chi connectivity index (χ3v) is 3.34. The minimum absolute atomic E-state index is 0.399. The lowest BCUT2D eigenvalue weighted by molar-refractivity contribution is 0.0969. The number of para-hydroxylation sites is 1. The highest BCUT2D eigenvalue weighted by Crippen LogP contribution is 2.19. The molecule has 2 amide bonds. The van der Waals surface area contributed by atoms with Crippen LogP contribution in [0, 0.1) is 0 Å². The van der Waals surface area contributed by atoms with E-state index in [0.717, 1.165) is 17.6 Å². The molecule has 2 rings (SSSR count). The fourth-order valence-corrected chi connectivity index (χ4v) is 2.21. The fraction of sp³-hybridized carbons (Fsp3) is 0.0667. The molecule has 0 unspecified atom stereocenters. The lowest BCUT2D eigenvalue weighted by atomic mass is 10.2. The summed E-state index contributed by atoms with van der Waals surface area (Å²) < 4.78 is 1.70. The van der Waals surface area contributed by atoms with Crippen LogP contribution in [0.15, 0.2) is 60.7 Å². The van der Waals surface area contributed by atoms with E-state index in [9.17, 15) is 9.59 Å². The zero-order valence-corrected chi connectivity index (χ0v) is 11.8. The molecular weight excluding hydrogens is 272 g/mol. The van der Waals surface area contributed by atoms with Crippen molar-refractivity contribution in [2.45, 2.75) is 0 Å². The molecule has 5 heteroatoms. The Bertz CT molecular complexity index is 587. The van der Waals surface area contributed by atoms with E-state index in [4.69, 9.17) is 0 Å². The number of imide groups is 1. The first kappa shape index (κ1) is 14.1. The number of nitrogens with zero attached hydrogens (tertiary/aromatic N) is 1. The molecule has 0 spiro atoms. The Balaban J connectivity index is 1.91. The molecular formula is C15H14N2O2S. The molecule has 4 nitrogen and oxygen atoms in total. The third-order valence-electron chi connectivity index (χ3n) is 2.59. The standard InChI is InChI=1S/C15H14N2O2S/c1-17(13-10-6-3-7-11-13)20-15(19)16-14(18)12-8-4-2-5-9-12/h2-11H,1H3,(H,16,18,19). The Labute approximate surface area is 121 Å². The quantitative estimate of drug-likeness (QED) is 0.879. The van der Waals surface area contributed by atoms with Crippen molar-refractivity contribution in [2.24, 2.45) is 0 Å². The zero-order valence-electron chi connectivity index (χ0n) is 10.9. The monoisotopic (exact) mass is 286 g/mol. The van der Waals surface area contributed by atoms with Crippen molar-refractivity contribution in [1.82, 2.24) is 5.32 Å². The van der Waals surface area contributed by atoms with Gasteiger partial charge in [0.2, 0.25) is 0 Å². The Morgan fingerprint density at radius 3 is 2.10 bits per heavy atom. The summed E-state index contributed by atoms with van der Waals surface area (Å²) in [5.74, 6) is -0.399. The van der Waals surface area contributed by atoms with Crippen LogP contribution < -0.4 is 9.62 Å². The highest BCUT2D eigenvalue weighted by Gasteiger charge is 2.13. The van der Waals surface area contributed by atoms with Crippen LogP contribution in [0.1, 0.15) is 10.4 Å². The Morgan fingerprint density at radius 2 is 1.50 bits per heavy atom. The van der Waals surface area contributed by atoms with Crippen LogP contribution in [0.3, 0.4) is 0 Å². The average molecular weight is 286 g/mol. The van der Waals surface area contributed by atoms with E-state index in [1.54, 1.807) is 35.6 Å². The lowest BCUT2D eigenvalue weighted by Crippen LogP contribution is -2.29. The number of rotatable bonds is 3. The van der Waals surface area contributed by atoms with Gasteiger partial charge in [-0.3, -0.25) is 14.9 Å². The largest absolute Gasteiger partial charge is 0.311 e. The molecule has 0 radical (unpaired) electrons. The van der Waals surface area contributed by atoms with Crippen molar-refractivity contribution < 1.29 is 9.59 Å². The number of carbonyl (C=O) groups is 2. The minimum atomic E-state index is -0.412. The Kier molecular flexibility index (Phi) is 4.79. The van der Waals surface area contributed by atoms with Gasteiger partial charge in [0.05, 0.1) is 11.9 Å². The van der Waals surface area contributed by atoms with Crippen LogP contribution in [0.2, 0.25) is 0 Å². The number of nitrogens with one attached hydrogen (secondary N) is 1. The summed E-state index contributed by atoms with van der Waals surface area (Å²) in [5.41, 5.74) is 1.35. The molecule has 0 aliphatic heterocycles. The highest BCUT2D eigenvalue weighted by atomic mass is 32.2. The molecule has 102 valence electrons. The van der Waals surface area contributed by atoms with Gasteiger partial charge in [-0.25, -0.2) is 0 Å². The van der Waals surface area contributed by atoms with E-state index >= 15 is 0 Å². The van der Waals surface area contributed by atoms with Gasteiger partial charge in [0.15, 0.2) is 0 Å². The Morgan fingerprint density at radius 1 is 0.950 bits per heavy atom. The van der Waals surface area contributed by atoms with E-state index < -0.39 is 11.1 Å². The molecule has 0 aromatic heterocycles. The van der Waals surface area contributed by atoms with Crippen LogP contribution in [-0.4, -0.2) is 18.2 Å². The molecule has 2 aromatic rings. The molecule has 20 heavy (non-hydrogen) atoms. The number of hydrogen-bond donors (Lipinski definition) is 1. The maximum atomic E-state index is 11.8. The first-order valence-electron chi connectivity index (χ1n) is 6.04. The summed E-state index contributed by atoms with van der Waals surface area (Å²) in [4.78, 5) is 23.6. The van der Waals surface area contributed by atoms with Gasteiger partial charge >= 0.3 is 5.24 Å². The smallest absolute Gasteiger partial charge is 0.306 e. The second kappa shape index (κ2) is 6.77. The number of benzene rings is 2. The number of anilines is 1. The van der Waals surface area contributed by atoms with Crippen molar-refractivity contribution in [3.8, 4) is 0 Å². The summed E-state index contributed by atoms with van der Waals surface area (Å²) in [6.45, 7) is 0. The van der Waals surface area contributed by atoms with Crippen LogP contribution in [-0.2, 0) is 0 Å². The molecule has 0 heterocycles. The first-order valence-corrected chi connectivity index (χ1v) is 6.81. The number of amides is 2. The maximum Gasteiger partial charge on any atom is 0.306 e. The van der Waals surface area contributed by atoms with Gasteiger partial charge < -0.3 is 4.31 Å². The molecule has 0 aliphatic carbocycles. The molecule has 0 atom stereocenters. The number of carbonyl (C=O) groups excluding carboxylic acids is 2. The summed E-state index contributed by atoms with van der Waals surface area (Å²) in [5, 5.41) is 1.93.